The van der Waals surface area contributed by atoms with Crippen molar-refractivity contribution in [3.05, 3.63) is 35.9 Å². The zero-order valence-electron chi connectivity index (χ0n) is 8.50. The third-order valence-corrected chi connectivity index (χ3v) is 2.73. The van der Waals surface area contributed by atoms with Crippen molar-refractivity contribution in [2.75, 3.05) is 13.1 Å². The van der Waals surface area contributed by atoms with Gasteiger partial charge in [-0.25, -0.2) is 0 Å². The molecule has 0 spiro atoms. The van der Waals surface area contributed by atoms with Crippen molar-refractivity contribution in [1.82, 2.24) is 10.6 Å². The average Bonchev–Trinajstić information content (AvgIpc) is 2.72. The van der Waals surface area contributed by atoms with Crippen LogP contribution in [0.15, 0.2) is 30.3 Å². The van der Waals surface area contributed by atoms with Crippen LogP contribution in [0.3, 0.4) is 0 Å². The average molecular weight is 190 g/mol. The molecule has 0 bridgehead atoms. The van der Waals surface area contributed by atoms with Gasteiger partial charge >= 0.3 is 0 Å². The van der Waals surface area contributed by atoms with Crippen molar-refractivity contribution in [3.63, 3.8) is 0 Å². The molecule has 2 rings (SSSR count). The summed E-state index contributed by atoms with van der Waals surface area (Å²) in [6.07, 6.45) is 2.65. The lowest BCUT2D eigenvalue weighted by Gasteiger charge is -2.11. The predicted octanol–water partition coefficient (Wildman–Crippen LogP) is 1.53. The van der Waals surface area contributed by atoms with Crippen LogP contribution in [-0.2, 0) is 6.54 Å². The fourth-order valence-electron chi connectivity index (χ4n) is 1.92. The molecule has 1 fully saturated rings. The summed E-state index contributed by atoms with van der Waals surface area (Å²) in [5.74, 6) is 0. The summed E-state index contributed by atoms with van der Waals surface area (Å²) in [7, 11) is 0. The van der Waals surface area contributed by atoms with Gasteiger partial charge in [-0.15, -0.1) is 0 Å². The fraction of sp³-hybridized carbons (Fsp3) is 0.500. The highest BCUT2D eigenvalue weighted by molar-refractivity contribution is 5.14. The van der Waals surface area contributed by atoms with E-state index in [1.807, 2.05) is 0 Å². The first-order chi connectivity index (χ1) is 6.95. The lowest BCUT2D eigenvalue weighted by molar-refractivity contribution is 0.536. The van der Waals surface area contributed by atoms with Crippen LogP contribution >= 0.6 is 0 Å². The molecular weight excluding hydrogens is 172 g/mol. The maximum absolute atomic E-state index is 3.48. The summed E-state index contributed by atoms with van der Waals surface area (Å²) in [4.78, 5) is 0. The van der Waals surface area contributed by atoms with Gasteiger partial charge in [0.25, 0.3) is 0 Å². The van der Waals surface area contributed by atoms with E-state index >= 15 is 0 Å². The van der Waals surface area contributed by atoms with Crippen molar-refractivity contribution in [1.29, 1.82) is 0 Å². The highest BCUT2D eigenvalue weighted by Crippen LogP contribution is 2.04. The maximum atomic E-state index is 3.48. The molecule has 1 aromatic rings. The van der Waals surface area contributed by atoms with Gasteiger partial charge in [0.15, 0.2) is 0 Å². The molecule has 1 unspecified atom stereocenters. The van der Waals surface area contributed by atoms with Gasteiger partial charge in [0.2, 0.25) is 0 Å². The molecule has 1 aromatic carbocycles. The Labute approximate surface area is 85.7 Å². The van der Waals surface area contributed by atoms with Crippen LogP contribution in [0, 0.1) is 0 Å². The van der Waals surface area contributed by atoms with Crippen molar-refractivity contribution in [3.8, 4) is 0 Å². The Morgan fingerprint density at radius 2 is 2.14 bits per heavy atom. The van der Waals surface area contributed by atoms with E-state index in [9.17, 15) is 0 Å². The van der Waals surface area contributed by atoms with Gasteiger partial charge < -0.3 is 10.6 Å². The molecule has 14 heavy (non-hydrogen) atoms. The van der Waals surface area contributed by atoms with E-state index in [4.69, 9.17) is 0 Å². The molecule has 1 aliphatic rings. The van der Waals surface area contributed by atoms with Crippen LogP contribution in [0.4, 0.5) is 0 Å². The van der Waals surface area contributed by atoms with Gasteiger partial charge in [-0.2, -0.15) is 0 Å². The summed E-state index contributed by atoms with van der Waals surface area (Å²) in [5.41, 5.74) is 1.37. The smallest absolute Gasteiger partial charge is 0.0206 e. The molecule has 0 amide bonds. The zero-order valence-corrected chi connectivity index (χ0v) is 8.50. The second kappa shape index (κ2) is 5.13. The van der Waals surface area contributed by atoms with Gasteiger partial charge in [0.1, 0.15) is 0 Å². The molecule has 1 atom stereocenters. The quantitative estimate of drug-likeness (QED) is 0.752. The fourth-order valence-corrected chi connectivity index (χ4v) is 1.92. The van der Waals surface area contributed by atoms with Gasteiger partial charge in [0, 0.05) is 19.1 Å². The Morgan fingerprint density at radius 1 is 1.29 bits per heavy atom. The minimum atomic E-state index is 0.693. The minimum Gasteiger partial charge on any atom is -0.313 e. The van der Waals surface area contributed by atoms with Gasteiger partial charge in [-0.1, -0.05) is 30.3 Å². The number of benzene rings is 1. The summed E-state index contributed by atoms with van der Waals surface area (Å²) < 4.78 is 0. The summed E-state index contributed by atoms with van der Waals surface area (Å²) in [6.45, 7) is 3.27. The van der Waals surface area contributed by atoms with Crippen LogP contribution < -0.4 is 10.6 Å². The second-order valence-corrected chi connectivity index (χ2v) is 3.91. The molecule has 0 aromatic heterocycles. The van der Waals surface area contributed by atoms with E-state index in [1.54, 1.807) is 0 Å². The van der Waals surface area contributed by atoms with E-state index in [0.717, 1.165) is 13.1 Å². The van der Waals surface area contributed by atoms with Crippen LogP contribution in [0.25, 0.3) is 0 Å². The number of rotatable bonds is 4. The second-order valence-electron chi connectivity index (χ2n) is 3.91. The van der Waals surface area contributed by atoms with E-state index in [-0.39, 0.29) is 0 Å². The standard InChI is InChI=1S/C12H18N2/c1-2-5-11(6-3-1)9-13-10-12-7-4-8-14-12/h1-3,5-6,12-14H,4,7-10H2. The Bertz CT molecular complexity index is 252. The summed E-state index contributed by atoms with van der Waals surface area (Å²) in [5, 5.41) is 6.96. The van der Waals surface area contributed by atoms with Gasteiger partial charge in [-0.3, -0.25) is 0 Å². The normalized spacial score (nSPS) is 21.3. The van der Waals surface area contributed by atoms with Crippen molar-refractivity contribution >= 4 is 0 Å². The van der Waals surface area contributed by atoms with Gasteiger partial charge in [0.05, 0.1) is 0 Å². The SMILES string of the molecule is c1ccc(CNCC2CCCN2)cc1. The van der Waals surface area contributed by atoms with Crippen LogP contribution in [0.1, 0.15) is 18.4 Å². The first-order valence-electron chi connectivity index (χ1n) is 5.43. The Balaban J connectivity index is 1.67. The third kappa shape index (κ3) is 2.82. The van der Waals surface area contributed by atoms with E-state index in [0.29, 0.717) is 6.04 Å². The highest BCUT2D eigenvalue weighted by Gasteiger charge is 2.12. The van der Waals surface area contributed by atoms with E-state index < -0.39 is 0 Å². The molecule has 2 N–H and O–H groups in total. The largest absolute Gasteiger partial charge is 0.313 e. The Morgan fingerprint density at radius 3 is 2.86 bits per heavy atom. The number of nitrogens with one attached hydrogen (secondary N) is 2. The van der Waals surface area contributed by atoms with Crippen molar-refractivity contribution in [2.24, 2.45) is 0 Å². The topological polar surface area (TPSA) is 24.1 Å². The van der Waals surface area contributed by atoms with Gasteiger partial charge in [-0.05, 0) is 24.9 Å². The molecule has 0 aliphatic carbocycles. The molecule has 2 heteroatoms. The minimum absolute atomic E-state index is 0.693. The van der Waals surface area contributed by atoms with Crippen LogP contribution in [0.2, 0.25) is 0 Å². The summed E-state index contributed by atoms with van der Waals surface area (Å²) >= 11 is 0. The van der Waals surface area contributed by atoms with Crippen LogP contribution in [-0.4, -0.2) is 19.1 Å². The number of hydrogen-bond acceptors (Lipinski definition) is 2. The molecule has 2 nitrogen and oxygen atoms in total. The molecule has 0 saturated carbocycles. The molecule has 76 valence electrons. The first kappa shape index (κ1) is 9.69. The summed E-state index contributed by atoms with van der Waals surface area (Å²) in [6, 6.07) is 11.3. The third-order valence-electron chi connectivity index (χ3n) is 2.73. The number of hydrogen-bond donors (Lipinski definition) is 2. The highest BCUT2D eigenvalue weighted by atomic mass is 15.0. The molecule has 1 aliphatic heterocycles. The Hall–Kier alpha value is -0.860. The first-order valence-corrected chi connectivity index (χ1v) is 5.43. The Kier molecular flexibility index (Phi) is 3.55. The predicted molar refractivity (Wildman–Crippen MR) is 59.2 cm³/mol. The van der Waals surface area contributed by atoms with E-state index in [2.05, 4.69) is 41.0 Å². The molecule has 1 heterocycles. The lowest BCUT2D eigenvalue weighted by atomic mass is 10.2. The van der Waals surface area contributed by atoms with Crippen molar-refractivity contribution in [2.45, 2.75) is 25.4 Å². The molecule has 1 saturated heterocycles. The van der Waals surface area contributed by atoms with E-state index in [1.165, 1.54) is 24.9 Å². The van der Waals surface area contributed by atoms with Crippen LogP contribution in [0.5, 0.6) is 0 Å². The monoisotopic (exact) mass is 190 g/mol. The lowest BCUT2D eigenvalue weighted by Crippen LogP contribution is -2.33. The molecular formula is C12H18N2. The maximum Gasteiger partial charge on any atom is 0.0206 e. The zero-order chi connectivity index (χ0) is 9.64. The molecule has 0 radical (unpaired) electrons. The van der Waals surface area contributed by atoms with Crippen molar-refractivity contribution < 1.29 is 0 Å².